The van der Waals surface area contributed by atoms with Crippen LogP contribution in [0.15, 0.2) is 42.0 Å². The number of carbonyl (C=O) groups excluding carboxylic acids is 1. The van der Waals surface area contributed by atoms with Gasteiger partial charge in [0.1, 0.15) is 5.92 Å². The molecule has 26 heavy (non-hydrogen) atoms. The number of hydrogen-bond donors (Lipinski definition) is 1. The Labute approximate surface area is 151 Å². The molecular weight excluding hydrogens is 343 g/mol. The van der Waals surface area contributed by atoms with E-state index in [9.17, 15) is 23.1 Å². The van der Waals surface area contributed by atoms with E-state index in [0.29, 0.717) is 13.5 Å². The molecule has 6 heteroatoms. The number of aliphatic hydroxyl groups is 1. The molecule has 0 heterocycles. The number of hydrogen-bond acceptors (Lipinski definition) is 2. The Morgan fingerprint density at radius 2 is 1.92 bits per heavy atom. The summed E-state index contributed by atoms with van der Waals surface area (Å²) in [5.41, 5.74) is -2.45. The van der Waals surface area contributed by atoms with Crippen LogP contribution in [0.4, 0.5) is 13.2 Å². The number of benzene rings is 1. The molecule has 2 unspecified atom stereocenters. The molecule has 1 aromatic rings. The van der Waals surface area contributed by atoms with E-state index in [0.717, 1.165) is 5.56 Å². The predicted molar refractivity (Wildman–Crippen MR) is 92.8 cm³/mol. The third-order valence-electron chi connectivity index (χ3n) is 4.42. The van der Waals surface area contributed by atoms with E-state index >= 15 is 0 Å². The molecule has 0 aromatic heterocycles. The van der Waals surface area contributed by atoms with Gasteiger partial charge >= 0.3 is 6.18 Å². The monoisotopic (exact) mass is 365 g/mol. The van der Waals surface area contributed by atoms with Crippen molar-refractivity contribution in [2.75, 3.05) is 0 Å². The van der Waals surface area contributed by atoms with Gasteiger partial charge in [0.05, 0.1) is 0 Å². The average molecular weight is 365 g/mol. The van der Waals surface area contributed by atoms with Gasteiger partial charge in [-0.25, -0.2) is 0 Å². The standard InChI is InChI=1S/C20H22F3NO2/c1-14(2)24(13-15-7-5-4-6-8-15)18(25)16-9-11-17(12-10-16)19(3,26)20(21,22)23/h4-8,11,14,16,26H,9,13H2,1-3H3. The number of alkyl halides is 3. The van der Waals surface area contributed by atoms with Crippen LogP contribution in [0.5, 0.6) is 0 Å². The number of carbonyl (C=O) groups is 1. The maximum atomic E-state index is 12.9. The molecule has 0 saturated heterocycles. The first-order valence-electron chi connectivity index (χ1n) is 8.39. The fraction of sp³-hybridized carbons (Fsp3) is 0.450. The highest BCUT2D eigenvalue weighted by molar-refractivity contribution is 5.83. The van der Waals surface area contributed by atoms with Crippen molar-refractivity contribution >= 4 is 5.91 Å². The van der Waals surface area contributed by atoms with Crippen molar-refractivity contribution in [1.29, 1.82) is 0 Å². The molecule has 0 radical (unpaired) electrons. The molecule has 0 saturated carbocycles. The van der Waals surface area contributed by atoms with Gasteiger partial charge in [0.15, 0.2) is 5.60 Å². The van der Waals surface area contributed by atoms with Crippen LogP contribution in [-0.2, 0) is 11.3 Å². The lowest BCUT2D eigenvalue weighted by atomic mass is 9.88. The van der Waals surface area contributed by atoms with Crippen LogP contribution in [0.2, 0.25) is 0 Å². The minimum absolute atomic E-state index is 0.0470. The molecule has 1 aliphatic carbocycles. The summed E-state index contributed by atoms with van der Waals surface area (Å²) in [4.78, 5) is 14.5. The molecule has 1 amide bonds. The van der Waals surface area contributed by atoms with E-state index in [-0.39, 0.29) is 18.4 Å². The molecule has 1 aliphatic rings. The molecule has 2 rings (SSSR count). The molecule has 1 aromatic carbocycles. The van der Waals surface area contributed by atoms with Gasteiger partial charge in [-0.1, -0.05) is 48.2 Å². The van der Waals surface area contributed by atoms with Gasteiger partial charge in [-0.3, -0.25) is 4.79 Å². The average Bonchev–Trinajstić information content (AvgIpc) is 2.59. The molecule has 0 spiro atoms. The number of amides is 1. The molecule has 1 N–H and O–H groups in total. The highest BCUT2D eigenvalue weighted by Gasteiger charge is 2.52. The Balaban J connectivity index is 2.15. The Bertz CT molecular complexity index is 740. The molecule has 140 valence electrons. The SMILES string of the molecule is CC(C)N(Cc1ccccc1)C(=O)C1C#CC(C(C)(O)C(F)(F)F)=CC1. The van der Waals surface area contributed by atoms with Crippen molar-refractivity contribution in [3.05, 3.63) is 47.5 Å². The summed E-state index contributed by atoms with van der Waals surface area (Å²) in [6, 6.07) is 9.39. The van der Waals surface area contributed by atoms with Gasteiger partial charge in [0, 0.05) is 18.2 Å². The van der Waals surface area contributed by atoms with E-state index in [1.807, 2.05) is 44.2 Å². The number of halogens is 3. The lowest BCUT2D eigenvalue weighted by molar-refractivity contribution is -0.235. The number of rotatable bonds is 5. The second kappa shape index (κ2) is 7.55. The van der Waals surface area contributed by atoms with Crippen molar-refractivity contribution in [2.24, 2.45) is 5.92 Å². The van der Waals surface area contributed by atoms with Crippen molar-refractivity contribution < 1.29 is 23.1 Å². The molecule has 0 bridgehead atoms. The Morgan fingerprint density at radius 1 is 1.31 bits per heavy atom. The minimum Gasteiger partial charge on any atom is -0.376 e. The fourth-order valence-electron chi connectivity index (χ4n) is 2.64. The van der Waals surface area contributed by atoms with Gasteiger partial charge in [0.25, 0.3) is 0 Å². The summed E-state index contributed by atoms with van der Waals surface area (Å²) in [6.07, 6.45) is -3.55. The predicted octanol–water partition coefficient (Wildman–Crippen LogP) is 3.69. The summed E-state index contributed by atoms with van der Waals surface area (Å²) in [7, 11) is 0. The van der Waals surface area contributed by atoms with E-state index in [1.165, 1.54) is 6.08 Å². The maximum absolute atomic E-state index is 12.9. The van der Waals surface area contributed by atoms with Crippen molar-refractivity contribution in [3.8, 4) is 11.8 Å². The smallest absolute Gasteiger partial charge is 0.376 e. The first-order valence-corrected chi connectivity index (χ1v) is 8.39. The van der Waals surface area contributed by atoms with Gasteiger partial charge in [-0.2, -0.15) is 13.2 Å². The highest BCUT2D eigenvalue weighted by Crippen LogP contribution is 2.37. The molecular formula is C20H22F3NO2. The molecule has 3 nitrogen and oxygen atoms in total. The van der Waals surface area contributed by atoms with Gasteiger partial charge < -0.3 is 10.0 Å². The molecule has 2 atom stereocenters. The van der Waals surface area contributed by atoms with Gasteiger partial charge in [-0.05, 0) is 32.8 Å². The van der Waals surface area contributed by atoms with E-state index in [2.05, 4.69) is 11.8 Å². The van der Waals surface area contributed by atoms with Crippen molar-refractivity contribution in [3.63, 3.8) is 0 Å². The molecule has 0 fully saturated rings. The van der Waals surface area contributed by atoms with Crippen LogP contribution >= 0.6 is 0 Å². The fourth-order valence-corrected chi connectivity index (χ4v) is 2.64. The largest absolute Gasteiger partial charge is 0.421 e. The number of allylic oxidation sites excluding steroid dienone is 1. The first kappa shape index (κ1) is 20.1. The van der Waals surface area contributed by atoms with Crippen molar-refractivity contribution in [1.82, 2.24) is 4.90 Å². The third kappa shape index (κ3) is 4.28. The quantitative estimate of drug-likeness (QED) is 0.809. The van der Waals surface area contributed by atoms with Crippen LogP contribution in [0, 0.1) is 17.8 Å². The summed E-state index contributed by atoms with van der Waals surface area (Å²) in [5.74, 6) is 4.01. The van der Waals surface area contributed by atoms with Crippen LogP contribution in [0.25, 0.3) is 0 Å². The molecule has 0 aliphatic heterocycles. The second-order valence-electron chi connectivity index (χ2n) is 6.79. The Hall–Kier alpha value is -2.26. The Morgan fingerprint density at radius 3 is 2.38 bits per heavy atom. The van der Waals surface area contributed by atoms with E-state index in [4.69, 9.17) is 0 Å². The second-order valence-corrected chi connectivity index (χ2v) is 6.79. The summed E-state index contributed by atoms with van der Waals surface area (Å²) < 4.78 is 38.7. The zero-order chi connectivity index (χ0) is 19.5. The third-order valence-corrected chi connectivity index (χ3v) is 4.42. The summed E-state index contributed by atoms with van der Waals surface area (Å²) >= 11 is 0. The van der Waals surface area contributed by atoms with Crippen LogP contribution in [0.3, 0.4) is 0 Å². The first-order chi connectivity index (χ1) is 12.0. The topological polar surface area (TPSA) is 40.5 Å². The van der Waals surface area contributed by atoms with E-state index < -0.39 is 23.3 Å². The summed E-state index contributed by atoms with van der Waals surface area (Å²) in [6.45, 7) is 4.84. The zero-order valence-electron chi connectivity index (χ0n) is 15.0. The van der Waals surface area contributed by atoms with Crippen LogP contribution < -0.4 is 0 Å². The van der Waals surface area contributed by atoms with Gasteiger partial charge in [0.2, 0.25) is 5.91 Å². The number of nitrogens with zero attached hydrogens (tertiary/aromatic N) is 1. The normalized spacial score (nSPS) is 19.2. The van der Waals surface area contributed by atoms with E-state index in [1.54, 1.807) is 4.90 Å². The lowest BCUT2D eigenvalue weighted by Crippen LogP contribution is -2.44. The Kier molecular flexibility index (Phi) is 5.82. The summed E-state index contributed by atoms with van der Waals surface area (Å²) in [5, 5.41) is 9.70. The highest BCUT2D eigenvalue weighted by atomic mass is 19.4. The minimum atomic E-state index is -4.82. The zero-order valence-corrected chi connectivity index (χ0v) is 15.0. The van der Waals surface area contributed by atoms with Crippen LogP contribution in [0.1, 0.15) is 32.8 Å². The lowest BCUT2D eigenvalue weighted by Gasteiger charge is -2.31. The van der Waals surface area contributed by atoms with Crippen LogP contribution in [-0.4, -0.2) is 33.7 Å². The van der Waals surface area contributed by atoms with Crippen molar-refractivity contribution in [2.45, 2.75) is 51.6 Å². The maximum Gasteiger partial charge on any atom is 0.421 e. The van der Waals surface area contributed by atoms with Gasteiger partial charge in [-0.15, -0.1) is 0 Å².